The Hall–Kier alpha value is -0.570. The number of aliphatic hydroxyl groups is 1. The van der Waals surface area contributed by atoms with E-state index in [1.807, 2.05) is 0 Å². The Bertz CT molecular complexity index is 288. The summed E-state index contributed by atoms with van der Waals surface area (Å²) in [5.74, 6) is -0.0773. The largest absolute Gasteiger partial charge is 0.469 e. The van der Waals surface area contributed by atoms with Gasteiger partial charge in [0.1, 0.15) is 0 Å². The molecular weight excluding hydrogens is 228 g/mol. The predicted octanol–water partition coefficient (Wildman–Crippen LogP) is 3.15. The highest BCUT2D eigenvalue weighted by atomic mass is 16.5. The number of carbonyl (C=O) groups is 1. The lowest BCUT2D eigenvalue weighted by Gasteiger charge is -2.44. The van der Waals surface area contributed by atoms with Crippen LogP contribution in [0.4, 0.5) is 0 Å². The molecule has 1 saturated carbocycles. The zero-order valence-corrected chi connectivity index (χ0v) is 12.5. The van der Waals surface area contributed by atoms with Gasteiger partial charge in [-0.3, -0.25) is 4.79 Å². The highest BCUT2D eigenvalue weighted by Crippen LogP contribution is 2.45. The second kappa shape index (κ2) is 5.60. The molecule has 0 heterocycles. The quantitative estimate of drug-likeness (QED) is 0.786. The van der Waals surface area contributed by atoms with E-state index in [1.54, 1.807) is 6.92 Å². The van der Waals surface area contributed by atoms with Crippen LogP contribution in [0.25, 0.3) is 0 Å². The van der Waals surface area contributed by atoms with Gasteiger partial charge in [0.05, 0.1) is 18.6 Å². The zero-order chi connectivity index (χ0) is 14.0. The van der Waals surface area contributed by atoms with Crippen molar-refractivity contribution in [2.75, 3.05) is 7.11 Å². The van der Waals surface area contributed by atoms with Crippen LogP contribution < -0.4 is 0 Å². The van der Waals surface area contributed by atoms with Crippen LogP contribution in [0.3, 0.4) is 0 Å². The van der Waals surface area contributed by atoms with E-state index < -0.39 is 11.5 Å². The second-order valence-corrected chi connectivity index (χ2v) is 6.46. The molecule has 0 spiro atoms. The molecule has 0 amide bonds. The molecule has 0 aliphatic heterocycles. The van der Waals surface area contributed by atoms with Crippen molar-refractivity contribution in [1.82, 2.24) is 0 Å². The number of hydrogen-bond acceptors (Lipinski definition) is 3. The molecule has 0 saturated heterocycles. The first kappa shape index (κ1) is 15.5. The van der Waals surface area contributed by atoms with Gasteiger partial charge in [0.25, 0.3) is 0 Å². The van der Waals surface area contributed by atoms with Crippen molar-refractivity contribution in [2.45, 2.75) is 65.4 Å². The molecule has 1 aliphatic carbocycles. The van der Waals surface area contributed by atoms with Gasteiger partial charge in [0.2, 0.25) is 0 Å². The smallest absolute Gasteiger partial charge is 0.311 e. The van der Waals surface area contributed by atoms with E-state index in [2.05, 4.69) is 20.8 Å². The van der Waals surface area contributed by atoms with Gasteiger partial charge in [-0.1, -0.05) is 27.2 Å². The molecule has 1 atom stereocenters. The maximum absolute atomic E-state index is 11.6. The van der Waals surface area contributed by atoms with Crippen LogP contribution in [-0.2, 0) is 9.53 Å². The van der Waals surface area contributed by atoms with Gasteiger partial charge in [-0.25, -0.2) is 0 Å². The molecule has 0 radical (unpaired) electrons. The highest BCUT2D eigenvalue weighted by Gasteiger charge is 2.44. The van der Waals surface area contributed by atoms with Gasteiger partial charge < -0.3 is 9.84 Å². The third-order valence-corrected chi connectivity index (χ3v) is 5.23. The van der Waals surface area contributed by atoms with E-state index in [9.17, 15) is 9.90 Å². The van der Waals surface area contributed by atoms with Crippen molar-refractivity contribution in [2.24, 2.45) is 17.3 Å². The lowest BCUT2D eigenvalue weighted by molar-refractivity contribution is -0.158. The first-order valence-electron chi connectivity index (χ1n) is 7.07. The number of ether oxygens (including phenoxy) is 1. The van der Waals surface area contributed by atoms with Crippen LogP contribution in [0.5, 0.6) is 0 Å². The first-order valence-corrected chi connectivity index (χ1v) is 7.07. The summed E-state index contributed by atoms with van der Waals surface area (Å²) in [6, 6.07) is 0. The summed E-state index contributed by atoms with van der Waals surface area (Å²) in [4.78, 5) is 11.6. The van der Waals surface area contributed by atoms with Crippen LogP contribution >= 0.6 is 0 Å². The van der Waals surface area contributed by atoms with Crippen molar-refractivity contribution >= 4 is 5.97 Å². The monoisotopic (exact) mass is 256 g/mol. The molecule has 3 nitrogen and oxygen atoms in total. The molecule has 1 fully saturated rings. The van der Waals surface area contributed by atoms with Gasteiger partial charge in [0, 0.05) is 0 Å². The lowest BCUT2D eigenvalue weighted by Crippen LogP contribution is -2.45. The molecule has 106 valence electrons. The van der Waals surface area contributed by atoms with E-state index >= 15 is 0 Å². The van der Waals surface area contributed by atoms with E-state index in [4.69, 9.17) is 4.74 Å². The van der Waals surface area contributed by atoms with Crippen LogP contribution in [0.15, 0.2) is 0 Å². The van der Waals surface area contributed by atoms with Crippen molar-refractivity contribution in [3.63, 3.8) is 0 Å². The van der Waals surface area contributed by atoms with Crippen LogP contribution in [0, 0.1) is 17.3 Å². The molecule has 0 aromatic rings. The molecule has 1 aliphatic rings. The molecule has 1 unspecified atom stereocenters. The van der Waals surface area contributed by atoms with Crippen molar-refractivity contribution < 1.29 is 14.6 Å². The maximum atomic E-state index is 11.6. The van der Waals surface area contributed by atoms with E-state index in [-0.39, 0.29) is 5.97 Å². The molecule has 3 heteroatoms. The minimum absolute atomic E-state index is 0.300. The number of esters is 1. The maximum Gasteiger partial charge on any atom is 0.311 e. The van der Waals surface area contributed by atoms with Crippen LogP contribution in [0.1, 0.15) is 59.8 Å². The zero-order valence-electron chi connectivity index (χ0n) is 12.5. The fraction of sp³-hybridized carbons (Fsp3) is 0.933. The molecule has 1 N–H and O–H groups in total. The Kier molecular flexibility index (Phi) is 4.82. The Morgan fingerprint density at radius 3 is 2.33 bits per heavy atom. The lowest BCUT2D eigenvalue weighted by atomic mass is 9.64. The van der Waals surface area contributed by atoms with Gasteiger partial charge in [-0.15, -0.1) is 0 Å². The van der Waals surface area contributed by atoms with Gasteiger partial charge in [0.15, 0.2) is 0 Å². The minimum Gasteiger partial charge on any atom is -0.469 e. The molecular formula is C15H28O3. The second-order valence-electron chi connectivity index (χ2n) is 6.46. The molecule has 0 aromatic carbocycles. The normalized spacial score (nSPS) is 30.9. The van der Waals surface area contributed by atoms with Crippen LogP contribution in [-0.4, -0.2) is 23.8 Å². The van der Waals surface area contributed by atoms with Crippen molar-refractivity contribution in [3.05, 3.63) is 0 Å². The average Bonchev–Trinajstić information content (AvgIpc) is 2.37. The van der Waals surface area contributed by atoms with Gasteiger partial charge in [-0.2, -0.15) is 0 Å². The van der Waals surface area contributed by atoms with Crippen molar-refractivity contribution in [1.29, 1.82) is 0 Å². The minimum atomic E-state index is -0.868. The summed E-state index contributed by atoms with van der Waals surface area (Å²) in [5.41, 5.74) is -0.538. The standard InChI is InChI=1S/C15H28O3/c1-6-14(3,4)12-7-9-15(17,10-8-12)11(2)13(16)18-5/h11-12,17H,6-10H2,1-5H3. The summed E-state index contributed by atoms with van der Waals surface area (Å²) in [6.45, 7) is 8.59. The third-order valence-electron chi connectivity index (χ3n) is 5.23. The van der Waals surface area contributed by atoms with Gasteiger partial charge >= 0.3 is 5.97 Å². The first-order chi connectivity index (χ1) is 8.27. The molecule has 0 bridgehead atoms. The topological polar surface area (TPSA) is 46.5 Å². The number of carbonyl (C=O) groups excluding carboxylic acids is 1. The van der Waals surface area contributed by atoms with Crippen LogP contribution in [0.2, 0.25) is 0 Å². The summed E-state index contributed by atoms with van der Waals surface area (Å²) in [6.07, 6.45) is 4.56. The number of rotatable bonds is 4. The Labute approximate surface area is 111 Å². The van der Waals surface area contributed by atoms with E-state index in [0.717, 1.165) is 19.3 Å². The highest BCUT2D eigenvalue weighted by molar-refractivity contribution is 5.73. The average molecular weight is 256 g/mol. The van der Waals surface area contributed by atoms with Gasteiger partial charge in [-0.05, 0) is 43.9 Å². The number of hydrogen-bond donors (Lipinski definition) is 1. The van der Waals surface area contributed by atoms with E-state index in [1.165, 1.54) is 7.11 Å². The summed E-state index contributed by atoms with van der Waals surface area (Å²) in [7, 11) is 1.38. The SMILES string of the molecule is CCC(C)(C)C1CCC(O)(C(C)C(=O)OC)CC1. The number of methoxy groups -OCH3 is 1. The summed E-state index contributed by atoms with van der Waals surface area (Å²) >= 11 is 0. The molecule has 0 aromatic heterocycles. The molecule has 1 rings (SSSR count). The Morgan fingerprint density at radius 1 is 1.44 bits per heavy atom. The third kappa shape index (κ3) is 3.05. The summed E-state index contributed by atoms with van der Waals surface area (Å²) in [5, 5.41) is 10.6. The fourth-order valence-electron chi connectivity index (χ4n) is 3.02. The Balaban J connectivity index is 2.65. The predicted molar refractivity (Wildman–Crippen MR) is 72.2 cm³/mol. The fourth-order valence-corrected chi connectivity index (χ4v) is 3.02. The van der Waals surface area contributed by atoms with Crippen molar-refractivity contribution in [3.8, 4) is 0 Å². The summed E-state index contributed by atoms with van der Waals surface area (Å²) < 4.78 is 4.75. The van der Waals surface area contributed by atoms with E-state index in [0.29, 0.717) is 24.2 Å². The Morgan fingerprint density at radius 2 is 1.94 bits per heavy atom. The molecule has 18 heavy (non-hydrogen) atoms.